The molecule has 1 aliphatic carbocycles. The highest BCUT2D eigenvalue weighted by Crippen LogP contribution is 2.27. The van der Waals surface area contributed by atoms with Crippen LogP contribution in [0.15, 0.2) is 30.3 Å². The monoisotopic (exact) mass is 279 g/mol. The summed E-state index contributed by atoms with van der Waals surface area (Å²) in [7, 11) is 1.86. The lowest BCUT2D eigenvalue weighted by atomic mass is 9.82. The lowest BCUT2D eigenvalue weighted by molar-refractivity contribution is -0.128. The van der Waals surface area contributed by atoms with Crippen LogP contribution in [0.25, 0.3) is 0 Å². The van der Waals surface area contributed by atoms with Crippen LogP contribution in [0.5, 0.6) is 0 Å². The van der Waals surface area contributed by atoms with Crippen molar-refractivity contribution < 1.29 is 9.90 Å². The van der Waals surface area contributed by atoms with Crippen molar-refractivity contribution in [3.05, 3.63) is 35.9 Å². The van der Waals surface area contributed by atoms with Crippen molar-refractivity contribution in [3.63, 3.8) is 0 Å². The molecule has 1 aromatic rings. The van der Waals surface area contributed by atoms with E-state index >= 15 is 0 Å². The molecule has 19 heavy (non-hydrogen) atoms. The van der Waals surface area contributed by atoms with Crippen molar-refractivity contribution >= 4 is 17.7 Å². The summed E-state index contributed by atoms with van der Waals surface area (Å²) in [4.78, 5) is 13.7. The summed E-state index contributed by atoms with van der Waals surface area (Å²) in [6.07, 6.45) is 1.55. The van der Waals surface area contributed by atoms with Gasteiger partial charge in [0.2, 0.25) is 5.91 Å². The molecule has 0 radical (unpaired) electrons. The third-order valence-electron chi connectivity index (χ3n) is 3.51. The fourth-order valence-corrected chi connectivity index (χ4v) is 3.20. The third-order valence-corrected chi connectivity index (χ3v) is 4.49. The smallest absolute Gasteiger partial charge is 0.232 e. The Labute approximate surface area is 119 Å². The second-order valence-corrected chi connectivity index (χ2v) is 6.23. The van der Waals surface area contributed by atoms with E-state index < -0.39 is 0 Å². The van der Waals surface area contributed by atoms with E-state index in [1.165, 1.54) is 5.56 Å². The first-order chi connectivity index (χ1) is 9.15. The van der Waals surface area contributed by atoms with Crippen molar-refractivity contribution in [3.8, 4) is 0 Å². The number of hydrogen-bond acceptors (Lipinski definition) is 3. The minimum atomic E-state index is -0.138. The van der Waals surface area contributed by atoms with Crippen molar-refractivity contribution in [2.75, 3.05) is 19.3 Å². The Morgan fingerprint density at radius 3 is 2.68 bits per heavy atom. The first-order valence-corrected chi connectivity index (χ1v) is 7.84. The number of thioether (sulfide) groups is 1. The van der Waals surface area contributed by atoms with Crippen LogP contribution in [0.4, 0.5) is 0 Å². The molecular formula is C15H21NO2S. The Morgan fingerprint density at radius 2 is 2.05 bits per heavy atom. The van der Waals surface area contributed by atoms with Gasteiger partial charge in [0.05, 0.1) is 11.9 Å². The maximum absolute atomic E-state index is 11.9. The van der Waals surface area contributed by atoms with Crippen molar-refractivity contribution in [2.45, 2.75) is 24.7 Å². The van der Waals surface area contributed by atoms with Crippen LogP contribution in [0, 0.1) is 5.92 Å². The maximum atomic E-state index is 11.9. The molecule has 4 heteroatoms. The summed E-state index contributed by atoms with van der Waals surface area (Å²) >= 11 is 1.66. The van der Waals surface area contributed by atoms with Crippen LogP contribution in [-0.4, -0.2) is 41.4 Å². The van der Waals surface area contributed by atoms with Crippen molar-refractivity contribution in [1.29, 1.82) is 0 Å². The average molecular weight is 279 g/mol. The fourth-order valence-electron chi connectivity index (χ4n) is 2.28. The lowest BCUT2D eigenvalue weighted by Crippen LogP contribution is -2.40. The van der Waals surface area contributed by atoms with Crippen LogP contribution in [0.2, 0.25) is 0 Å². The lowest BCUT2D eigenvalue weighted by Gasteiger charge is -2.34. The number of amides is 1. The number of aliphatic hydroxyl groups is 1. The van der Waals surface area contributed by atoms with Crippen LogP contribution in [-0.2, 0) is 10.5 Å². The molecule has 2 rings (SSSR count). The number of aliphatic hydroxyl groups excluding tert-OH is 1. The van der Waals surface area contributed by atoms with Crippen molar-refractivity contribution in [1.82, 2.24) is 4.90 Å². The number of hydrogen-bond donors (Lipinski definition) is 1. The molecule has 1 aromatic carbocycles. The molecule has 0 aromatic heterocycles. The molecule has 1 amide bonds. The quantitative estimate of drug-likeness (QED) is 0.867. The Balaban J connectivity index is 1.63. The van der Waals surface area contributed by atoms with Crippen LogP contribution < -0.4 is 0 Å². The Hall–Kier alpha value is -1.00. The van der Waals surface area contributed by atoms with Crippen LogP contribution in [0.3, 0.4) is 0 Å². The summed E-state index contributed by atoms with van der Waals surface area (Å²) in [5, 5.41) is 9.23. The van der Waals surface area contributed by atoms with Gasteiger partial charge in [-0.05, 0) is 24.3 Å². The summed E-state index contributed by atoms with van der Waals surface area (Å²) in [6, 6.07) is 10.2. The molecule has 0 saturated heterocycles. The summed E-state index contributed by atoms with van der Waals surface area (Å²) in [5.41, 5.74) is 1.25. The van der Waals surface area contributed by atoms with Gasteiger partial charge in [0.15, 0.2) is 0 Å². The summed E-state index contributed by atoms with van der Waals surface area (Å²) < 4.78 is 0. The van der Waals surface area contributed by atoms with E-state index in [9.17, 15) is 9.90 Å². The van der Waals surface area contributed by atoms with E-state index in [0.29, 0.717) is 11.7 Å². The highest BCUT2D eigenvalue weighted by molar-refractivity contribution is 7.99. The number of nitrogens with zero attached hydrogens (tertiary/aromatic N) is 1. The molecule has 0 heterocycles. The molecule has 1 N–H and O–H groups in total. The van der Waals surface area contributed by atoms with Gasteiger partial charge in [-0.25, -0.2) is 0 Å². The maximum Gasteiger partial charge on any atom is 0.232 e. The third kappa shape index (κ3) is 4.55. The van der Waals surface area contributed by atoms with Gasteiger partial charge in [0, 0.05) is 19.3 Å². The minimum Gasteiger partial charge on any atom is -0.393 e. The zero-order valence-corrected chi connectivity index (χ0v) is 12.1. The normalized spacial score (nSPS) is 21.8. The molecular weight excluding hydrogens is 258 g/mol. The van der Waals surface area contributed by atoms with Gasteiger partial charge in [0.25, 0.3) is 0 Å². The predicted molar refractivity (Wildman–Crippen MR) is 79.0 cm³/mol. The van der Waals surface area contributed by atoms with E-state index in [1.807, 2.05) is 25.2 Å². The van der Waals surface area contributed by atoms with E-state index in [-0.39, 0.29) is 12.0 Å². The Morgan fingerprint density at radius 1 is 1.37 bits per heavy atom. The van der Waals surface area contributed by atoms with Gasteiger partial charge < -0.3 is 10.0 Å². The van der Waals surface area contributed by atoms with Gasteiger partial charge in [0.1, 0.15) is 0 Å². The van der Waals surface area contributed by atoms with E-state index in [4.69, 9.17) is 0 Å². The largest absolute Gasteiger partial charge is 0.393 e. The first-order valence-electron chi connectivity index (χ1n) is 6.69. The molecule has 0 spiro atoms. The number of benzene rings is 1. The van der Waals surface area contributed by atoms with E-state index in [0.717, 1.165) is 25.1 Å². The van der Waals surface area contributed by atoms with E-state index in [1.54, 1.807) is 16.7 Å². The molecule has 0 aliphatic heterocycles. The van der Waals surface area contributed by atoms with Gasteiger partial charge in [-0.1, -0.05) is 30.3 Å². The topological polar surface area (TPSA) is 40.5 Å². The summed E-state index contributed by atoms with van der Waals surface area (Å²) in [6.45, 7) is 0.780. The molecule has 0 bridgehead atoms. The Bertz CT molecular complexity index is 404. The zero-order valence-electron chi connectivity index (χ0n) is 11.3. The second kappa shape index (κ2) is 6.96. The Kier molecular flexibility index (Phi) is 5.28. The van der Waals surface area contributed by atoms with E-state index in [2.05, 4.69) is 12.1 Å². The number of carbonyl (C=O) groups excluding carboxylic acids is 1. The van der Waals surface area contributed by atoms with Gasteiger partial charge in [-0.3, -0.25) is 4.79 Å². The molecule has 1 saturated carbocycles. The molecule has 104 valence electrons. The van der Waals surface area contributed by atoms with Gasteiger partial charge in [-0.15, -0.1) is 11.8 Å². The number of rotatable bonds is 6. The fraction of sp³-hybridized carbons (Fsp3) is 0.533. The highest BCUT2D eigenvalue weighted by Gasteiger charge is 2.28. The molecule has 0 atom stereocenters. The molecule has 3 nitrogen and oxygen atoms in total. The zero-order chi connectivity index (χ0) is 13.7. The number of carbonyl (C=O) groups is 1. The molecule has 0 unspecified atom stereocenters. The second-order valence-electron chi connectivity index (χ2n) is 5.24. The van der Waals surface area contributed by atoms with Crippen LogP contribution in [0.1, 0.15) is 18.4 Å². The summed E-state index contributed by atoms with van der Waals surface area (Å²) in [5.74, 6) is 2.08. The standard InChI is InChI=1S/C15H21NO2S/c1-16(9-13-7-14(17)8-13)15(18)11-19-10-12-5-3-2-4-6-12/h2-6,13-14,17H,7-11H2,1H3. The predicted octanol–water partition coefficient (Wildman–Crippen LogP) is 2.15. The first kappa shape index (κ1) is 14.4. The SMILES string of the molecule is CN(CC1CC(O)C1)C(=O)CSCc1ccccc1. The van der Waals surface area contributed by atoms with Gasteiger partial charge in [-0.2, -0.15) is 0 Å². The van der Waals surface area contributed by atoms with Crippen molar-refractivity contribution in [2.24, 2.45) is 5.92 Å². The highest BCUT2D eigenvalue weighted by atomic mass is 32.2. The molecule has 1 fully saturated rings. The van der Waals surface area contributed by atoms with Crippen LogP contribution >= 0.6 is 11.8 Å². The minimum absolute atomic E-state index is 0.138. The average Bonchev–Trinajstić information content (AvgIpc) is 2.38. The molecule has 1 aliphatic rings. The van der Waals surface area contributed by atoms with Gasteiger partial charge >= 0.3 is 0 Å².